The molecule has 2 aromatic rings. The molecule has 1 heterocycles. The highest BCUT2D eigenvalue weighted by Gasteiger charge is 2.12. The Kier molecular flexibility index (Phi) is 8.63. The van der Waals surface area contributed by atoms with Gasteiger partial charge >= 0.3 is 0 Å². The van der Waals surface area contributed by atoms with Crippen LogP contribution in [0.5, 0.6) is 0 Å². The number of aromatic nitrogens is 1. The van der Waals surface area contributed by atoms with Gasteiger partial charge in [0.15, 0.2) is 5.96 Å². The van der Waals surface area contributed by atoms with Crippen LogP contribution in [0.1, 0.15) is 18.2 Å². The highest BCUT2D eigenvalue weighted by Crippen LogP contribution is 2.07. The lowest BCUT2D eigenvalue weighted by molar-refractivity contribution is 0.298. The summed E-state index contributed by atoms with van der Waals surface area (Å²) in [5.41, 5.74) is 2.43. The van der Waals surface area contributed by atoms with E-state index in [0.29, 0.717) is 6.04 Å². The molecule has 0 fully saturated rings. The van der Waals surface area contributed by atoms with Gasteiger partial charge in [-0.15, -0.1) is 0 Å². The Bertz CT molecular complexity index is 640. The maximum absolute atomic E-state index is 4.79. The molecular weight excluding hydrogens is 322 g/mol. The van der Waals surface area contributed by atoms with Crippen LogP contribution in [-0.4, -0.2) is 55.6 Å². The number of aliphatic imine (C=N–C) groups is 1. The van der Waals surface area contributed by atoms with Crippen LogP contribution in [0.3, 0.4) is 0 Å². The zero-order valence-corrected chi connectivity index (χ0v) is 16.2. The van der Waals surface area contributed by atoms with E-state index in [1.807, 2.05) is 24.4 Å². The molecule has 0 aliphatic heterocycles. The Morgan fingerprint density at radius 2 is 1.85 bits per heavy atom. The number of hydrogen-bond acceptors (Lipinski definition) is 3. The van der Waals surface area contributed by atoms with Crippen molar-refractivity contribution >= 4 is 5.96 Å². The van der Waals surface area contributed by atoms with Crippen molar-refractivity contribution in [1.29, 1.82) is 0 Å². The number of nitrogens with one attached hydrogen (secondary N) is 2. The van der Waals surface area contributed by atoms with Crippen molar-refractivity contribution in [1.82, 2.24) is 20.5 Å². The van der Waals surface area contributed by atoms with Crippen molar-refractivity contribution < 1.29 is 0 Å². The maximum Gasteiger partial charge on any atom is 0.191 e. The minimum Gasteiger partial charge on any atom is -0.357 e. The Balaban J connectivity index is 1.90. The predicted molar refractivity (Wildman–Crippen MR) is 110 cm³/mol. The quantitative estimate of drug-likeness (QED) is 0.537. The van der Waals surface area contributed by atoms with Crippen molar-refractivity contribution in [2.45, 2.75) is 25.8 Å². The van der Waals surface area contributed by atoms with Crippen LogP contribution in [-0.2, 0) is 12.8 Å². The van der Waals surface area contributed by atoms with E-state index in [2.05, 4.69) is 71.9 Å². The minimum absolute atomic E-state index is 0.364. The monoisotopic (exact) mass is 353 g/mol. The highest BCUT2D eigenvalue weighted by molar-refractivity contribution is 5.79. The van der Waals surface area contributed by atoms with Gasteiger partial charge in [0.2, 0.25) is 0 Å². The molecule has 5 heteroatoms. The number of rotatable bonds is 9. The minimum atomic E-state index is 0.364. The molecule has 0 saturated carbocycles. The van der Waals surface area contributed by atoms with Crippen molar-refractivity contribution in [2.75, 3.05) is 33.7 Å². The molecule has 1 aromatic carbocycles. The summed E-state index contributed by atoms with van der Waals surface area (Å²) in [6.07, 6.45) is 3.71. The van der Waals surface area contributed by atoms with Crippen LogP contribution in [0, 0.1) is 0 Å². The summed E-state index contributed by atoms with van der Waals surface area (Å²) in [5.74, 6) is 0.864. The first kappa shape index (κ1) is 19.9. The zero-order chi connectivity index (χ0) is 18.6. The van der Waals surface area contributed by atoms with Crippen molar-refractivity contribution in [3.63, 3.8) is 0 Å². The van der Waals surface area contributed by atoms with Crippen LogP contribution in [0.4, 0.5) is 0 Å². The van der Waals surface area contributed by atoms with E-state index in [9.17, 15) is 0 Å². The predicted octanol–water partition coefficient (Wildman–Crippen LogP) is 2.35. The van der Waals surface area contributed by atoms with Crippen molar-refractivity contribution in [2.24, 2.45) is 4.99 Å². The van der Waals surface area contributed by atoms with Crippen LogP contribution in [0.2, 0.25) is 0 Å². The molecule has 0 bridgehead atoms. The molecule has 0 saturated heterocycles. The highest BCUT2D eigenvalue weighted by atomic mass is 15.2. The molecule has 26 heavy (non-hydrogen) atoms. The first-order valence-electron chi connectivity index (χ1n) is 9.31. The zero-order valence-electron chi connectivity index (χ0n) is 16.2. The Labute approximate surface area is 157 Å². The second kappa shape index (κ2) is 11.3. The average Bonchev–Trinajstić information content (AvgIpc) is 2.66. The first-order chi connectivity index (χ1) is 12.7. The molecule has 0 spiro atoms. The molecule has 0 amide bonds. The second-order valence-electron chi connectivity index (χ2n) is 6.52. The number of benzene rings is 1. The summed E-state index contributed by atoms with van der Waals surface area (Å²) < 4.78 is 0. The van der Waals surface area contributed by atoms with Gasteiger partial charge in [-0.25, -0.2) is 0 Å². The van der Waals surface area contributed by atoms with Gasteiger partial charge in [-0.1, -0.05) is 36.4 Å². The Morgan fingerprint density at radius 1 is 1.08 bits per heavy atom. The van der Waals surface area contributed by atoms with Gasteiger partial charge in [0.1, 0.15) is 0 Å². The lowest BCUT2D eigenvalue weighted by Gasteiger charge is -2.23. The topological polar surface area (TPSA) is 52.6 Å². The summed E-state index contributed by atoms with van der Waals surface area (Å²) in [6, 6.07) is 17.0. The molecule has 0 aliphatic carbocycles. The first-order valence-corrected chi connectivity index (χ1v) is 9.31. The molecule has 1 atom stereocenters. The summed E-state index contributed by atoms with van der Waals surface area (Å²) >= 11 is 0. The van der Waals surface area contributed by atoms with Crippen LogP contribution >= 0.6 is 0 Å². The summed E-state index contributed by atoms with van der Waals surface area (Å²) in [5, 5.41) is 6.73. The Hall–Kier alpha value is -2.40. The van der Waals surface area contributed by atoms with Gasteiger partial charge in [0.25, 0.3) is 0 Å². The fraction of sp³-hybridized carbons (Fsp3) is 0.429. The number of guanidine groups is 1. The lowest BCUT2D eigenvalue weighted by Crippen LogP contribution is -2.40. The third-order valence-electron chi connectivity index (χ3n) is 4.25. The summed E-state index contributed by atoms with van der Waals surface area (Å²) in [7, 11) is 4.23. The van der Waals surface area contributed by atoms with Gasteiger partial charge in [0, 0.05) is 37.4 Å². The molecule has 140 valence electrons. The van der Waals surface area contributed by atoms with E-state index in [4.69, 9.17) is 4.99 Å². The standard InChI is InChI=1S/C21H31N5/c1-4-22-21(24-15-13-19-12-8-9-14-23-19)25-17-20(26(2)3)16-18-10-6-5-7-11-18/h5-12,14,20H,4,13,15-17H2,1-3H3,(H2,22,24,25). The molecule has 2 N–H and O–H groups in total. The van der Waals surface area contributed by atoms with E-state index in [-0.39, 0.29) is 0 Å². The van der Waals surface area contributed by atoms with Gasteiger partial charge in [0.05, 0.1) is 6.54 Å². The molecule has 1 aromatic heterocycles. The molecule has 0 aliphatic rings. The molecule has 1 unspecified atom stereocenters. The van der Waals surface area contributed by atoms with E-state index in [1.165, 1.54) is 5.56 Å². The van der Waals surface area contributed by atoms with E-state index in [1.54, 1.807) is 0 Å². The molecular formula is C21H31N5. The van der Waals surface area contributed by atoms with Crippen LogP contribution in [0.25, 0.3) is 0 Å². The summed E-state index contributed by atoms with van der Waals surface area (Å²) in [6.45, 7) is 4.50. The second-order valence-corrected chi connectivity index (χ2v) is 6.52. The normalized spacial score (nSPS) is 12.8. The van der Waals surface area contributed by atoms with Gasteiger partial charge < -0.3 is 15.5 Å². The number of likely N-dealkylation sites (N-methyl/N-ethyl adjacent to an activating group) is 1. The summed E-state index contributed by atoms with van der Waals surface area (Å²) in [4.78, 5) is 11.4. The number of nitrogens with zero attached hydrogens (tertiary/aromatic N) is 3. The fourth-order valence-electron chi connectivity index (χ4n) is 2.69. The van der Waals surface area contributed by atoms with Crippen LogP contribution < -0.4 is 10.6 Å². The third kappa shape index (κ3) is 7.23. The SMILES string of the molecule is CCNC(=NCC(Cc1ccccc1)N(C)C)NCCc1ccccn1. The van der Waals surface area contributed by atoms with Crippen molar-refractivity contribution in [3.05, 3.63) is 66.0 Å². The number of pyridine rings is 1. The van der Waals surface area contributed by atoms with Crippen LogP contribution in [0.15, 0.2) is 59.7 Å². The third-order valence-corrected chi connectivity index (χ3v) is 4.25. The maximum atomic E-state index is 4.79. The smallest absolute Gasteiger partial charge is 0.191 e. The number of hydrogen-bond donors (Lipinski definition) is 2. The van der Waals surface area contributed by atoms with Crippen molar-refractivity contribution in [3.8, 4) is 0 Å². The largest absolute Gasteiger partial charge is 0.357 e. The molecule has 5 nitrogen and oxygen atoms in total. The molecule has 0 radical (unpaired) electrons. The Morgan fingerprint density at radius 3 is 2.50 bits per heavy atom. The fourth-order valence-corrected chi connectivity index (χ4v) is 2.69. The van der Waals surface area contributed by atoms with Gasteiger partial charge in [-0.2, -0.15) is 0 Å². The van der Waals surface area contributed by atoms with Gasteiger partial charge in [-0.05, 0) is 45.1 Å². The average molecular weight is 354 g/mol. The van der Waals surface area contributed by atoms with Gasteiger partial charge in [-0.3, -0.25) is 9.98 Å². The molecule has 2 rings (SSSR count). The van der Waals surface area contributed by atoms with E-state index >= 15 is 0 Å². The lowest BCUT2D eigenvalue weighted by atomic mass is 10.1. The van der Waals surface area contributed by atoms with E-state index < -0.39 is 0 Å². The van der Waals surface area contributed by atoms with E-state index in [0.717, 1.165) is 44.1 Å².